The van der Waals surface area contributed by atoms with Crippen LogP contribution in [-0.4, -0.2) is 11.8 Å². The van der Waals surface area contributed by atoms with Crippen molar-refractivity contribution in [3.05, 3.63) is 42.0 Å². The largest absolute Gasteiger partial charge is 0.274 e. The normalized spacial score (nSPS) is 33.0. The van der Waals surface area contributed by atoms with E-state index in [1.54, 1.807) is 0 Å². The number of carbonyl (C=O) groups is 2. The van der Waals surface area contributed by atoms with E-state index in [1.807, 2.05) is 24.3 Å². The molecule has 0 unspecified atom stereocenters. The number of rotatable bonds is 2. The molecule has 4 atom stereocenters. The summed E-state index contributed by atoms with van der Waals surface area (Å²) in [5.41, 5.74) is 1.95. The minimum absolute atomic E-state index is 0.00588. The number of amides is 2. The van der Waals surface area contributed by atoms with Gasteiger partial charge in [0.15, 0.2) is 0 Å². The first-order valence-corrected chi connectivity index (χ1v) is 8.24. The van der Waals surface area contributed by atoms with E-state index in [4.69, 9.17) is 0 Å². The second kappa shape index (κ2) is 4.80. The van der Waals surface area contributed by atoms with E-state index in [0.717, 1.165) is 18.5 Å². The molecule has 3 heteroatoms. The summed E-state index contributed by atoms with van der Waals surface area (Å²) in [6.07, 6.45) is 6.40. The number of imide groups is 1. The van der Waals surface area contributed by atoms with Crippen LogP contribution >= 0.6 is 0 Å². The molecule has 1 aromatic rings. The van der Waals surface area contributed by atoms with E-state index in [-0.39, 0.29) is 35.5 Å². The van der Waals surface area contributed by atoms with Crippen LogP contribution in [0.2, 0.25) is 0 Å². The third-order valence-electron chi connectivity index (χ3n) is 5.58. The summed E-state index contributed by atoms with van der Waals surface area (Å²) >= 11 is 0. The minimum atomic E-state index is -0.124. The minimum Gasteiger partial charge on any atom is -0.274 e. The maximum Gasteiger partial charge on any atom is 0.238 e. The second-order valence-electron chi connectivity index (χ2n) is 7.10. The first-order valence-electron chi connectivity index (χ1n) is 8.24. The van der Waals surface area contributed by atoms with Crippen LogP contribution < -0.4 is 4.90 Å². The zero-order valence-electron chi connectivity index (χ0n) is 13.0. The number of fused-ring (bicyclic) bond motifs is 1. The van der Waals surface area contributed by atoms with E-state index >= 15 is 0 Å². The van der Waals surface area contributed by atoms with Gasteiger partial charge in [-0.1, -0.05) is 38.1 Å². The van der Waals surface area contributed by atoms with Gasteiger partial charge in [0.2, 0.25) is 11.8 Å². The van der Waals surface area contributed by atoms with Gasteiger partial charge in [-0.15, -0.1) is 0 Å². The van der Waals surface area contributed by atoms with Gasteiger partial charge in [-0.05, 0) is 48.3 Å². The van der Waals surface area contributed by atoms with Crippen molar-refractivity contribution in [2.24, 2.45) is 23.7 Å². The van der Waals surface area contributed by atoms with Gasteiger partial charge in [0.25, 0.3) is 0 Å². The zero-order chi connectivity index (χ0) is 15.4. The summed E-state index contributed by atoms with van der Waals surface area (Å²) in [5, 5.41) is 0. The van der Waals surface area contributed by atoms with E-state index in [2.05, 4.69) is 26.0 Å². The van der Waals surface area contributed by atoms with Crippen molar-refractivity contribution in [2.45, 2.75) is 32.6 Å². The number of allylic oxidation sites excluding steroid dienone is 2. The van der Waals surface area contributed by atoms with E-state index in [1.165, 1.54) is 10.5 Å². The fourth-order valence-electron chi connectivity index (χ4n) is 4.34. The lowest BCUT2D eigenvalue weighted by Gasteiger charge is -2.38. The van der Waals surface area contributed by atoms with Crippen LogP contribution in [0.5, 0.6) is 0 Å². The Kier molecular flexibility index (Phi) is 3.00. The quantitative estimate of drug-likeness (QED) is 0.618. The predicted molar refractivity (Wildman–Crippen MR) is 85.4 cm³/mol. The molecule has 1 saturated carbocycles. The van der Waals surface area contributed by atoms with Gasteiger partial charge in [-0.25, -0.2) is 0 Å². The Labute approximate surface area is 131 Å². The summed E-state index contributed by atoms with van der Waals surface area (Å²) in [6, 6.07) is 7.88. The van der Waals surface area contributed by atoms with Gasteiger partial charge < -0.3 is 0 Å². The maximum absolute atomic E-state index is 12.8. The first kappa shape index (κ1) is 13.7. The number of hydrogen-bond acceptors (Lipinski definition) is 2. The summed E-state index contributed by atoms with van der Waals surface area (Å²) in [4.78, 5) is 27.1. The maximum atomic E-state index is 12.8. The number of hydrogen-bond donors (Lipinski definition) is 0. The van der Waals surface area contributed by atoms with E-state index < -0.39 is 0 Å². The Hall–Kier alpha value is -1.90. The van der Waals surface area contributed by atoms with Crippen molar-refractivity contribution < 1.29 is 9.59 Å². The lowest BCUT2D eigenvalue weighted by molar-refractivity contribution is -0.124. The molecule has 0 N–H and O–H groups in total. The van der Waals surface area contributed by atoms with Crippen LogP contribution in [0.4, 0.5) is 5.69 Å². The molecule has 0 spiro atoms. The van der Waals surface area contributed by atoms with Crippen LogP contribution in [0.25, 0.3) is 0 Å². The highest BCUT2D eigenvalue weighted by molar-refractivity contribution is 6.22. The van der Waals surface area contributed by atoms with Crippen molar-refractivity contribution in [3.8, 4) is 0 Å². The molecule has 1 aromatic carbocycles. The highest BCUT2D eigenvalue weighted by Crippen LogP contribution is 2.50. The van der Waals surface area contributed by atoms with Gasteiger partial charge >= 0.3 is 0 Å². The first-order chi connectivity index (χ1) is 10.6. The predicted octanol–water partition coefficient (Wildman–Crippen LogP) is 3.51. The Bertz CT molecular complexity index is 627. The van der Waals surface area contributed by atoms with Crippen molar-refractivity contribution in [3.63, 3.8) is 0 Å². The SMILES string of the molecule is CC(C)c1ccc(N2C(=O)[C@@H]3[C@H](C2=O)[C@@H]2C=C[C@H]3CC2)cc1. The standard InChI is InChI=1S/C19H21NO2/c1-11(2)12-7-9-15(10-8-12)20-18(21)16-13-3-4-14(6-5-13)17(16)19(20)22/h3-4,7-11,13-14,16-17H,5-6H2,1-2H3/t13-,14+,16-,17+. The molecular weight excluding hydrogens is 274 g/mol. The lowest BCUT2D eigenvalue weighted by Crippen LogP contribution is -2.38. The highest BCUT2D eigenvalue weighted by atomic mass is 16.2. The Morgan fingerprint density at radius 2 is 1.41 bits per heavy atom. The Balaban J connectivity index is 1.69. The van der Waals surface area contributed by atoms with Gasteiger partial charge in [-0.3, -0.25) is 14.5 Å². The van der Waals surface area contributed by atoms with Crippen molar-refractivity contribution in [2.75, 3.05) is 4.90 Å². The lowest BCUT2D eigenvalue weighted by atomic mass is 9.63. The molecule has 114 valence electrons. The summed E-state index contributed by atoms with van der Waals surface area (Å²) < 4.78 is 0. The second-order valence-corrected chi connectivity index (χ2v) is 7.10. The average Bonchev–Trinajstić information content (AvgIpc) is 2.82. The molecule has 1 saturated heterocycles. The Morgan fingerprint density at radius 3 is 1.82 bits per heavy atom. The summed E-state index contributed by atoms with van der Waals surface area (Å²) in [6.45, 7) is 4.28. The molecule has 2 fully saturated rings. The number of nitrogens with zero attached hydrogens (tertiary/aromatic N) is 1. The Morgan fingerprint density at radius 1 is 0.909 bits per heavy atom. The molecule has 3 aliphatic carbocycles. The van der Waals surface area contributed by atoms with Crippen molar-refractivity contribution in [1.29, 1.82) is 0 Å². The third kappa shape index (κ3) is 1.81. The fraction of sp³-hybridized carbons (Fsp3) is 0.474. The molecule has 0 aromatic heterocycles. The van der Waals surface area contributed by atoms with Gasteiger partial charge in [0.05, 0.1) is 17.5 Å². The van der Waals surface area contributed by atoms with Crippen LogP contribution in [-0.2, 0) is 9.59 Å². The zero-order valence-corrected chi connectivity index (χ0v) is 13.0. The van der Waals surface area contributed by atoms with Gasteiger partial charge in [0, 0.05) is 0 Å². The monoisotopic (exact) mass is 295 g/mol. The van der Waals surface area contributed by atoms with Gasteiger partial charge in [0.1, 0.15) is 0 Å². The van der Waals surface area contributed by atoms with Gasteiger partial charge in [-0.2, -0.15) is 0 Å². The number of anilines is 1. The van der Waals surface area contributed by atoms with E-state index in [9.17, 15) is 9.59 Å². The van der Waals surface area contributed by atoms with Crippen LogP contribution in [0.1, 0.15) is 38.2 Å². The summed E-state index contributed by atoms with van der Waals surface area (Å²) in [7, 11) is 0. The average molecular weight is 295 g/mol. The number of benzene rings is 1. The molecular formula is C19H21NO2. The van der Waals surface area contributed by atoms with Crippen LogP contribution in [0, 0.1) is 23.7 Å². The third-order valence-corrected chi connectivity index (χ3v) is 5.58. The molecule has 4 aliphatic rings. The smallest absolute Gasteiger partial charge is 0.238 e. The molecule has 3 nitrogen and oxygen atoms in total. The van der Waals surface area contributed by atoms with Crippen LogP contribution in [0.3, 0.4) is 0 Å². The molecule has 2 bridgehead atoms. The van der Waals surface area contributed by atoms with Crippen molar-refractivity contribution in [1.82, 2.24) is 0 Å². The fourth-order valence-corrected chi connectivity index (χ4v) is 4.34. The number of carbonyl (C=O) groups excluding carboxylic acids is 2. The molecule has 1 aliphatic heterocycles. The van der Waals surface area contributed by atoms with Crippen molar-refractivity contribution >= 4 is 17.5 Å². The topological polar surface area (TPSA) is 37.4 Å². The molecule has 22 heavy (non-hydrogen) atoms. The van der Waals surface area contributed by atoms with Crippen LogP contribution in [0.15, 0.2) is 36.4 Å². The highest BCUT2D eigenvalue weighted by Gasteiger charge is 2.56. The molecule has 2 amide bonds. The molecule has 0 radical (unpaired) electrons. The molecule has 5 rings (SSSR count). The molecule has 1 heterocycles. The van der Waals surface area contributed by atoms with E-state index in [0.29, 0.717) is 5.92 Å². The summed E-state index contributed by atoms with van der Waals surface area (Å²) in [5.74, 6) is 0.721.